The molecule has 0 aromatic heterocycles. The van der Waals surface area contributed by atoms with Gasteiger partial charge in [0.05, 0.1) is 16.9 Å². The number of nitrogens with zero attached hydrogens (tertiary/aromatic N) is 1. The Hall–Kier alpha value is -3.46. The van der Waals surface area contributed by atoms with Crippen molar-refractivity contribution in [1.82, 2.24) is 4.31 Å². The summed E-state index contributed by atoms with van der Waals surface area (Å²) in [5.74, 6) is 0.729. The quantitative estimate of drug-likeness (QED) is 0.227. The normalized spacial score (nSPS) is 12.1. The second kappa shape index (κ2) is 12.0. The molecule has 6 nitrogen and oxygen atoms in total. The van der Waals surface area contributed by atoms with Crippen molar-refractivity contribution in [3.63, 3.8) is 0 Å². The van der Waals surface area contributed by atoms with E-state index in [1.165, 1.54) is 10.6 Å². The Morgan fingerprint density at radius 3 is 2.00 bits per heavy atom. The SMILES string of the molecule is COc1cccc(CCN(Cc2ccc(-c3cccc(S(C)(=O)=O)c3)cc2)S(=O)(=O)c2c(C)cc(C)cc2C)c1. The molecule has 210 valence electrons. The lowest BCUT2D eigenvalue weighted by Crippen LogP contribution is -2.33. The number of aryl methyl sites for hydroxylation is 3. The summed E-state index contributed by atoms with van der Waals surface area (Å²) in [6, 6.07) is 25.8. The van der Waals surface area contributed by atoms with E-state index in [4.69, 9.17) is 4.74 Å². The van der Waals surface area contributed by atoms with Gasteiger partial charge in [-0.3, -0.25) is 0 Å². The Morgan fingerprint density at radius 2 is 1.38 bits per heavy atom. The highest BCUT2D eigenvalue weighted by Crippen LogP contribution is 2.28. The highest BCUT2D eigenvalue weighted by atomic mass is 32.2. The van der Waals surface area contributed by atoms with Crippen LogP contribution in [-0.4, -0.2) is 41.1 Å². The van der Waals surface area contributed by atoms with E-state index in [0.717, 1.165) is 44.7 Å². The van der Waals surface area contributed by atoms with Crippen molar-refractivity contribution in [2.75, 3.05) is 19.9 Å². The van der Waals surface area contributed by atoms with Gasteiger partial charge in [-0.2, -0.15) is 4.31 Å². The lowest BCUT2D eigenvalue weighted by molar-refractivity contribution is 0.405. The second-order valence-corrected chi connectivity index (χ2v) is 14.1. The molecule has 4 aromatic rings. The Balaban J connectivity index is 1.66. The van der Waals surface area contributed by atoms with Crippen molar-refractivity contribution in [2.45, 2.75) is 43.5 Å². The number of benzene rings is 4. The van der Waals surface area contributed by atoms with Gasteiger partial charge >= 0.3 is 0 Å². The first-order valence-electron chi connectivity index (χ1n) is 13.0. The second-order valence-electron chi connectivity index (χ2n) is 10.2. The van der Waals surface area contributed by atoms with Gasteiger partial charge in [-0.1, -0.05) is 66.2 Å². The van der Waals surface area contributed by atoms with Crippen LogP contribution in [0.3, 0.4) is 0 Å². The molecule has 0 atom stereocenters. The average Bonchev–Trinajstić information content (AvgIpc) is 2.90. The third-order valence-electron chi connectivity index (χ3n) is 6.89. The van der Waals surface area contributed by atoms with Gasteiger partial charge in [-0.25, -0.2) is 16.8 Å². The van der Waals surface area contributed by atoms with E-state index in [2.05, 4.69) is 0 Å². The largest absolute Gasteiger partial charge is 0.497 e. The van der Waals surface area contributed by atoms with Gasteiger partial charge in [-0.15, -0.1) is 0 Å². The standard InChI is InChI=1S/C32H35NO5S2/c1-23-18-24(2)32(25(3)19-23)40(36,37)33(17-16-26-8-6-10-30(20-26)38-4)22-27-12-14-28(15-13-27)29-9-7-11-31(21-29)39(5,34)35/h6-15,18-21H,16-17,22H2,1-5H3. The number of sulfone groups is 1. The van der Waals surface area contributed by atoms with Crippen molar-refractivity contribution < 1.29 is 21.6 Å². The molecule has 0 aliphatic carbocycles. The summed E-state index contributed by atoms with van der Waals surface area (Å²) < 4.78 is 59.1. The van der Waals surface area contributed by atoms with Gasteiger partial charge in [-0.05, 0) is 84.8 Å². The summed E-state index contributed by atoms with van der Waals surface area (Å²) >= 11 is 0. The third kappa shape index (κ3) is 6.81. The van der Waals surface area contributed by atoms with E-state index >= 15 is 0 Å². The van der Waals surface area contributed by atoms with Crippen LogP contribution < -0.4 is 4.74 Å². The average molecular weight is 578 g/mol. The third-order valence-corrected chi connectivity index (χ3v) is 10.2. The van der Waals surface area contributed by atoms with Crippen molar-refractivity contribution in [3.8, 4) is 16.9 Å². The zero-order valence-electron chi connectivity index (χ0n) is 23.5. The zero-order chi connectivity index (χ0) is 29.1. The minimum Gasteiger partial charge on any atom is -0.497 e. The fraction of sp³-hybridized carbons (Fsp3) is 0.250. The zero-order valence-corrected chi connectivity index (χ0v) is 25.1. The van der Waals surface area contributed by atoms with Crippen molar-refractivity contribution in [3.05, 3.63) is 113 Å². The van der Waals surface area contributed by atoms with Gasteiger partial charge in [0.1, 0.15) is 5.75 Å². The first-order valence-corrected chi connectivity index (χ1v) is 16.3. The molecule has 4 aromatic carbocycles. The molecule has 0 N–H and O–H groups in total. The molecule has 0 amide bonds. The molecule has 0 saturated heterocycles. The maximum Gasteiger partial charge on any atom is 0.243 e. The summed E-state index contributed by atoms with van der Waals surface area (Å²) in [7, 11) is -5.53. The molecule has 0 fully saturated rings. The molecular weight excluding hydrogens is 542 g/mol. The van der Waals surface area contributed by atoms with Crippen LogP contribution in [0.15, 0.2) is 94.7 Å². The smallest absolute Gasteiger partial charge is 0.243 e. The van der Waals surface area contributed by atoms with Crippen molar-refractivity contribution in [2.24, 2.45) is 0 Å². The van der Waals surface area contributed by atoms with Gasteiger partial charge in [0.2, 0.25) is 10.0 Å². The lowest BCUT2D eigenvalue weighted by Gasteiger charge is -2.25. The molecule has 0 unspecified atom stereocenters. The predicted molar refractivity (Wildman–Crippen MR) is 160 cm³/mol. The molecule has 40 heavy (non-hydrogen) atoms. The van der Waals surface area contributed by atoms with E-state index in [1.807, 2.05) is 87.5 Å². The van der Waals surface area contributed by atoms with E-state index in [0.29, 0.717) is 17.9 Å². The van der Waals surface area contributed by atoms with Crippen LogP contribution in [0.25, 0.3) is 11.1 Å². The molecule has 0 aliphatic rings. The van der Waals surface area contributed by atoms with Crippen LogP contribution in [0, 0.1) is 20.8 Å². The predicted octanol–water partition coefficient (Wildman–Crippen LogP) is 6.12. The summed E-state index contributed by atoms with van der Waals surface area (Å²) in [6.45, 7) is 6.13. The molecular formula is C32H35NO5S2. The fourth-order valence-electron chi connectivity index (χ4n) is 4.98. The minimum absolute atomic E-state index is 0.197. The summed E-state index contributed by atoms with van der Waals surface area (Å²) in [5, 5.41) is 0. The van der Waals surface area contributed by atoms with Crippen LogP contribution in [0.2, 0.25) is 0 Å². The number of sulfonamides is 1. The molecule has 8 heteroatoms. The first-order chi connectivity index (χ1) is 18.9. The summed E-state index contributed by atoms with van der Waals surface area (Å²) in [4.78, 5) is 0.602. The highest BCUT2D eigenvalue weighted by Gasteiger charge is 2.28. The van der Waals surface area contributed by atoms with Crippen LogP contribution in [-0.2, 0) is 32.8 Å². The van der Waals surface area contributed by atoms with Crippen LogP contribution in [0.5, 0.6) is 5.75 Å². The maximum absolute atomic E-state index is 14.1. The summed E-state index contributed by atoms with van der Waals surface area (Å²) in [5.41, 5.74) is 5.92. The first kappa shape index (κ1) is 29.5. The molecule has 0 aliphatic heterocycles. The Labute approximate surface area is 238 Å². The topological polar surface area (TPSA) is 80.8 Å². The maximum atomic E-state index is 14.1. The van der Waals surface area contributed by atoms with E-state index < -0.39 is 19.9 Å². The number of hydrogen-bond donors (Lipinski definition) is 0. The molecule has 0 bridgehead atoms. The number of ether oxygens (including phenoxy) is 1. The van der Waals surface area contributed by atoms with Gasteiger partial charge in [0.15, 0.2) is 9.84 Å². The van der Waals surface area contributed by atoms with Crippen LogP contribution in [0.1, 0.15) is 27.8 Å². The van der Waals surface area contributed by atoms with E-state index in [9.17, 15) is 16.8 Å². The number of methoxy groups -OCH3 is 1. The Bertz CT molecular complexity index is 1700. The highest BCUT2D eigenvalue weighted by molar-refractivity contribution is 7.90. The number of hydrogen-bond acceptors (Lipinski definition) is 5. The molecule has 0 heterocycles. The van der Waals surface area contributed by atoms with Crippen molar-refractivity contribution >= 4 is 19.9 Å². The van der Waals surface area contributed by atoms with Crippen LogP contribution in [0.4, 0.5) is 0 Å². The van der Waals surface area contributed by atoms with Gasteiger partial charge in [0.25, 0.3) is 0 Å². The Morgan fingerprint density at radius 1 is 0.725 bits per heavy atom. The number of rotatable bonds is 10. The van der Waals surface area contributed by atoms with Gasteiger partial charge in [0, 0.05) is 19.3 Å². The van der Waals surface area contributed by atoms with Crippen molar-refractivity contribution in [1.29, 1.82) is 0 Å². The fourth-order valence-corrected chi connectivity index (χ4v) is 7.49. The van der Waals surface area contributed by atoms with Crippen LogP contribution >= 0.6 is 0 Å². The van der Waals surface area contributed by atoms with E-state index in [1.54, 1.807) is 25.3 Å². The Kier molecular flexibility index (Phi) is 8.83. The van der Waals surface area contributed by atoms with E-state index in [-0.39, 0.29) is 11.4 Å². The van der Waals surface area contributed by atoms with Gasteiger partial charge < -0.3 is 4.74 Å². The molecule has 4 rings (SSSR count). The molecule has 0 spiro atoms. The molecule has 0 saturated carbocycles. The monoisotopic (exact) mass is 577 g/mol. The summed E-state index contributed by atoms with van der Waals surface area (Å²) in [6.07, 6.45) is 1.71. The minimum atomic E-state index is -3.81. The lowest BCUT2D eigenvalue weighted by atomic mass is 10.0. The molecule has 0 radical (unpaired) electrons.